The third-order valence-corrected chi connectivity index (χ3v) is 5.05. The largest absolute Gasteiger partial charge is 0.494 e. The van der Waals surface area contributed by atoms with Crippen LogP contribution in [0.3, 0.4) is 0 Å². The van der Waals surface area contributed by atoms with E-state index in [1.54, 1.807) is 35.2 Å². The predicted molar refractivity (Wildman–Crippen MR) is 119 cm³/mol. The molecular formula is C23H27ClN2O4. The molecule has 160 valence electrons. The molecular weight excluding hydrogens is 404 g/mol. The van der Waals surface area contributed by atoms with Crippen LogP contribution in [0.15, 0.2) is 42.5 Å². The van der Waals surface area contributed by atoms with Crippen molar-refractivity contribution < 1.29 is 19.1 Å². The van der Waals surface area contributed by atoms with Gasteiger partial charge in [0.2, 0.25) is 5.91 Å². The highest BCUT2D eigenvalue weighted by atomic mass is 35.5. The number of benzene rings is 2. The molecule has 1 N–H and O–H groups in total. The van der Waals surface area contributed by atoms with Crippen LogP contribution in [0.1, 0.15) is 39.0 Å². The van der Waals surface area contributed by atoms with E-state index < -0.39 is 0 Å². The van der Waals surface area contributed by atoms with Crippen LogP contribution >= 0.6 is 11.6 Å². The van der Waals surface area contributed by atoms with Crippen LogP contribution in [0.2, 0.25) is 5.02 Å². The maximum absolute atomic E-state index is 12.4. The molecule has 0 unspecified atom stereocenters. The minimum atomic E-state index is -0.0874. The number of carbonyl (C=O) groups excluding carboxylic acids is 2. The monoisotopic (exact) mass is 430 g/mol. The van der Waals surface area contributed by atoms with Gasteiger partial charge in [0.15, 0.2) is 6.61 Å². The zero-order chi connectivity index (χ0) is 21.3. The van der Waals surface area contributed by atoms with Crippen molar-refractivity contribution in [1.29, 1.82) is 0 Å². The molecule has 1 aliphatic heterocycles. The average Bonchev–Trinajstić information content (AvgIpc) is 2.74. The number of halogens is 1. The molecule has 30 heavy (non-hydrogen) atoms. The van der Waals surface area contributed by atoms with E-state index in [0.29, 0.717) is 41.7 Å². The zero-order valence-electron chi connectivity index (χ0n) is 17.2. The Balaban J connectivity index is 1.54. The first-order valence-electron chi connectivity index (χ1n) is 10.3. The zero-order valence-corrected chi connectivity index (χ0v) is 17.9. The second-order valence-electron chi connectivity index (χ2n) is 7.18. The lowest BCUT2D eigenvalue weighted by atomic mass is 10.1. The van der Waals surface area contributed by atoms with Crippen LogP contribution in [-0.2, 0) is 9.59 Å². The SMILES string of the molecule is CCCCC(=O)Nc1ccc2c(c1)N(CCCCOc1ccc(Cl)cc1)C(=O)CO2. The van der Waals surface area contributed by atoms with Crippen LogP contribution in [0.25, 0.3) is 0 Å². The lowest BCUT2D eigenvalue weighted by Crippen LogP contribution is -2.39. The molecule has 0 aliphatic carbocycles. The lowest BCUT2D eigenvalue weighted by Gasteiger charge is -2.30. The number of anilines is 2. The minimum Gasteiger partial charge on any atom is -0.494 e. The van der Waals surface area contributed by atoms with Gasteiger partial charge in [0.25, 0.3) is 5.91 Å². The molecule has 2 aromatic rings. The van der Waals surface area contributed by atoms with Crippen LogP contribution in [-0.4, -0.2) is 31.6 Å². The Morgan fingerprint density at radius 3 is 2.73 bits per heavy atom. The number of carbonyl (C=O) groups is 2. The van der Waals surface area contributed by atoms with Gasteiger partial charge in [-0.05, 0) is 61.7 Å². The molecule has 0 spiro atoms. The van der Waals surface area contributed by atoms with Crippen molar-refractivity contribution in [2.24, 2.45) is 0 Å². The third-order valence-electron chi connectivity index (χ3n) is 4.80. The predicted octanol–water partition coefficient (Wildman–Crippen LogP) is 5.05. The Labute approximate surface area is 182 Å². The van der Waals surface area contributed by atoms with E-state index in [4.69, 9.17) is 21.1 Å². The Kier molecular flexibility index (Phi) is 7.97. The topological polar surface area (TPSA) is 67.9 Å². The maximum atomic E-state index is 12.4. The van der Waals surface area contributed by atoms with Crippen molar-refractivity contribution in [3.8, 4) is 11.5 Å². The highest BCUT2D eigenvalue weighted by Gasteiger charge is 2.25. The Morgan fingerprint density at radius 2 is 1.97 bits per heavy atom. The van der Waals surface area contributed by atoms with Gasteiger partial charge in [-0.2, -0.15) is 0 Å². The fraction of sp³-hybridized carbons (Fsp3) is 0.391. The molecule has 1 aliphatic rings. The van der Waals surface area contributed by atoms with Crippen molar-refractivity contribution in [3.05, 3.63) is 47.5 Å². The van der Waals surface area contributed by atoms with Gasteiger partial charge in [-0.3, -0.25) is 9.59 Å². The van der Waals surface area contributed by atoms with Crippen LogP contribution in [0, 0.1) is 0 Å². The second-order valence-corrected chi connectivity index (χ2v) is 7.61. The van der Waals surface area contributed by atoms with Gasteiger partial charge in [-0.25, -0.2) is 0 Å². The molecule has 7 heteroatoms. The summed E-state index contributed by atoms with van der Waals surface area (Å²) in [4.78, 5) is 26.2. The average molecular weight is 431 g/mol. The summed E-state index contributed by atoms with van der Waals surface area (Å²) in [6.07, 6.45) is 3.89. The van der Waals surface area contributed by atoms with Gasteiger partial charge < -0.3 is 19.7 Å². The number of fused-ring (bicyclic) bond motifs is 1. The molecule has 2 aromatic carbocycles. The molecule has 0 atom stereocenters. The normalized spacial score (nSPS) is 12.9. The van der Waals surface area contributed by atoms with Gasteiger partial charge in [-0.15, -0.1) is 0 Å². The summed E-state index contributed by atoms with van der Waals surface area (Å²) in [5, 5.41) is 3.57. The van der Waals surface area contributed by atoms with Crippen LogP contribution in [0.4, 0.5) is 11.4 Å². The smallest absolute Gasteiger partial charge is 0.265 e. The van der Waals surface area contributed by atoms with Gasteiger partial charge in [-0.1, -0.05) is 24.9 Å². The second kappa shape index (κ2) is 10.9. The van der Waals surface area contributed by atoms with Gasteiger partial charge in [0, 0.05) is 23.7 Å². The number of unbranched alkanes of at least 4 members (excludes halogenated alkanes) is 2. The Morgan fingerprint density at radius 1 is 1.17 bits per heavy atom. The van der Waals surface area contributed by atoms with Crippen LogP contribution < -0.4 is 19.7 Å². The van der Waals surface area contributed by atoms with Gasteiger partial charge in [0.1, 0.15) is 11.5 Å². The molecule has 0 saturated carbocycles. The van der Waals surface area contributed by atoms with Crippen molar-refractivity contribution in [2.75, 3.05) is 30.0 Å². The van der Waals surface area contributed by atoms with E-state index in [2.05, 4.69) is 5.32 Å². The lowest BCUT2D eigenvalue weighted by molar-refractivity contribution is -0.121. The summed E-state index contributed by atoms with van der Waals surface area (Å²) in [7, 11) is 0. The fourth-order valence-electron chi connectivity index (χ4n) is 3.18. The summed E-state index contributed by atoms with van der Waals surface area (Å²) in [5.74, 6) is 1.32. The molecule has 6 nitrogen and oxygen atoms in total. The Hall–Kier alpha value is -2.73. The maximum Gasteiger partial charge on any atom is 0.265 e. The first-order valence-corrected chi connectivity index (χ1v) is 10.7. The number of nitrogens with zero attached hydrogens (tertiary/aromatic N) is 1. The third kappa shape index (κ3) is 6.13. The van der Waals surface area contributed by atoms with E-state index in [1.165, 1.54) is 0 Å². The van der Waals surface area contributed by atoms with Crippen molar-refractivity contribution in [1.82, 2.24) is 0 Å². The fourth-order valence-corrected chi connectivity index (χ4v) is 3.30. The van der Waals surface area contributed by atoms with Gasteiger partial charge in [0.05, 0.1) is 12.3 Å². The molecule has 1 heterocycles. The number of rotatable bonds is 10. The number of nitrogens with one attached hydrogen (secondary N) is 1. The number of ether oxygens (including phenoxy) is 2. The number of amides is 2. The highest BCUT2D eigenvalue weighted by Crippen LogP contribution is 2.34. The van der Waals surface area contributed by atoms with Crippen molar-refractivity contribution in [2.45, 2.75) is 39.0 Å². The van der Waals surface area contributed by atoms with E-state index in [9.17, 15) is 9.59 Å². The van der Waals surface area contributed by atoms with Crippen LogP contribution in [0.5, 0.6) is 11.5 Å². The molecule has 0 radical (unpaired) electrons. The van der Waals surface area contributed by atoms with E-state index in [-0.39, 0.29) is 18.4 Å². The quantitative estimate of drug-likeness (QED) is 0.535. The number of hydrogen-bond donors (Lipinski definition) is 1. The molecule has 0 saturated heterocycles. The number of hydrogen-bond acceptors (Lipinski definition) is 4. The van der Waals surface area contributed by atoms with E-state index >= 15 is 0 Å². The van der Waals surface area contributed by atoms with Gasteiger partial charge >= 0.3 is 0 Å². The minimum absolute atomic E-state index is 0.0225. The Bertz CT molecular complexity index is 870. The van der Waals surface area contributed by atoms with E-state index in [0.717, 1.165) is 31.4 Å². The van der Waals surface area contributed by atoms with Crippen molar-refractivity contribution >= 4 is 34.8 Å². The first kappa shape index (κ1) is 22.0. The summed E-state index contributed by atoms with van der Waals surface area (Å²) in [6.45, 7) is 3.19. The summed E-state index contributed by atoms with van der Waals surface area (Å²) in [5.41, 5.74) is 1.36. The summed E-state index contributed by atoms with van der Waals surface area (Å²) < 4.78 is 11.3. The molecule has 0 fully saturated rings. The molecule has 3 rings (SSSR count). The molecule has 2 amide bonds. The summed E-state index contributed by atoms with van der Waals surface area (Å²) in [6, 6.07) is 12.7. The molecule has 0 bridgehead atoms. The van der Waals surface area contributed by atoms with Crippen molar-refractivity contribution in [3.63, 3.8) is 0 Å². The first-order chi connectivity index (χ1) is 14.6. The summed E-state index contributed by atoms with van der Waals surface area (Å²) >= 11 is 5.87. The molecule has 0 aromatic heterocycles. The highest BCUT2D eigenvalue weighted by molar-refractivity contribution is 6.30. The van der Waals surface area contributed by atoms with E-state index in [1.807, 2.05) is 19.1 Å². The standard InChI is InChI=1S/C23H27ClN2O4/c1-2-3-6-22(27)25-18-9-12-21-20(15-18)26(23(28)16-30-21)13-4-5-14-29-19-10-7-17(24)8-11-19/h7-12,15H,2-6,13-14,16H2,1H3,(H,25,27).